The van der Waals surface area contributed by atoms with Crippen molar-refractivity contribution in [2.24, 2.45) is 0 Å². The first-order chi connectivity index (χ1) is 20.0. The lowest BCUT2D eigenvalue weighted by molar-refractivity contribution is 0.102. The van der Waals surface area contributed by atoms with Gasteiger partial charge in [0.2, 0.25) is 0 Å². The molecule has 5 aromatic rings. The van der Waals surface area contributed by atoms with E-state index in [0.29, 0.717) is 24.4 Å². The third-order valence-electron chi connectivity index (χ3n) is 6.04. The minimum Gasteiger partial charge on any atom is -0.496 e. The molecule has 0 unspecified atom stereocenters. The van der Waals surface area contributed by atoms with Crippen LogP contribution in [0.1, 0.15) is 15.9 Å². The van der Waals surface area contributed by atoms with Crippen molar-refractivity contribution in [1.82, 2.24) is 20.3 Å². The number of amides is 1. The van der Waals surface area contributed by atoms with E-state index in [2.05, 4.69) is 25.6 Å². The standard InChI is InChI=1S/C29H26FN5O5S/c1-38-12-11-31-15-17-3-5-20(34-16-17)25-14-21-27(41-25)24(8-9-32-21)40-22-6-4-18(13-19(22)30)35-29(37)26-23(39-2)7-10-33-28(26)36/h3-10,13-14,16,31H,11-12,15H2,1-2H3,(H,33,36)(H,35,37). The Hall–Kier alpha value is -4.65. The van der Waals surface area contributed by atoms with Crippen LogP contribution in [-0.4, -0.2) is 48.2 Å². The number of rotatable bonds is 11. The molecule has 4 heterocycles. The molecule has 0 aliphatic rings. The molecule has 0 bridgehead atoms. The van der Waals surface area contributed by atoms with Crippen molar-refractivity contribution in [2.75, 3.05) is 32.7 Å². The van der Waals surface area contributed by atoms with Gasteiger partial charge in [-0.25, -0.2) is 4.39 Å². The number of hydrogen-bond donors (Lipinski definition) is 3. The van der Waals surface area contributed by atoms with Crippen LogP contribution in [0.25, 0.3) is 20.8 Å². The second kappa shape index (κ2) is 12.7. The third kappa shape index (κ3) is 6.40. The number of pyridine rings is 3. The van der Waals surface area contributed by atoms with E-state index < -0.39 is 17.3 Å². The van der Waals surface area contributed by atoms with Crippen molar-refractivity contribution in [3.63, 3.8) is 0 Å². The maximum atomic E-state index is 15.0. The fourth-order valence-corrected chi connectivity index (χ4v) is 5.06. The summed E-state index contributed by atoms with van der Waals surface area (Å²) in [5, 5.41) is 5.80. The summed E-state index contributed by atoms with van der Waals surface area (Å²) in [4.78, 5) is 37.1. The number of nitrogens with zero attached hydrogens (tertiary/aromatic N) is 2. The van der Waals surface area contributed by atoms with Gasteiger partial charge < -0.3 is 29.8 Å². The molecule has 41 heavy (non-hydrogen) atoms. The summed E-state index contributed by atoms with van der Waals surface area (Å²) < 4.78 is 31.8. The highest BCUT2D eigenvalue weighted by Gasteiger charge is 2.18. The molecule has 0 aliphatic carbocycles. The monoisotopic (exact) mass is 575 g/mol. The van der Waals surface area contributed by atoms with Crippen LogP contribution < -0.4 is 25.7 Å². The molecule has 0 saturated carbocycles. The lowest BCUT2D eigenvalue weighted by Crippen LogP contribution is -2.23. The molecule has 10 nitrogen and oxygen atoms in total. The number of fused-ring (bicyclic) bond motifs is 1. The number of anilines is 1. The summed E-state index contributed by atoms with van der Waals surface area (Å²) in [6, 6.07) is 13.0. The van der Waals surface area contributed by atoms with E-state index in [0.717, 1.165) is 33.4 Å². The van der Waals surface area contributed by atoms with Gasteiger partial charge in [0, 0.05) is 56.6 Å². The average molecular weight is 576 g/mol. The van der Waals surface area contributed by atoms with E-state index in [9.17, 15) is 9.59 Å². The fourth-order valence-electron chi connectivity index (χ4n) is 4.02. The Morgan fingerprint density at radius 2 is 1.93 bits per heavy atom. The zero-order valence-electron chi connectivity index (χ0n) is 22.2. The summed E-state index contributed by atoms with van der Waals surface area (Å²) in [6.07, 6.45) is 4.78. The van der Waals surface area contributed by atoms with Gasteiger partial charge in [0.1, 0.15) is 17.1 Å². The molecule has 0 radical (unpaired) electrons. The lowest BCUT2D eigenvalue weighted by Gasteiger charge is -2.11. The number of ether oxygens (including phenoxy) is 3. The number of carbonyl (C=O) groups is 1. The van der Waals surface area contributed by atoms with Gasteiger partial charge >= 0.3 is 0 Å². The molecule has 0 saturated heterocycles. The summed E-state index contributed by atoms with van der Waals surface area (Å²) in [7, 11) is 3.01. The largest absolute Gasteiger partial charge is 0.496 e. The van der Waals surface area contributed by atoms with E-state index in [-0.39, 0.29) is 22.7 Å². The predicted molar refractivity (Wildman–Crippen MR) is 154 cm³/mol. The van der Waals surface area contributed by atoms with Gasteiger partial charge in [-0.3, -0.25) is 19.6 Å². The molecule has 210 valence electrons. The number of carbonyl (C=O) groups excluding carboxylic acids is 1. The van der Waals surface area contributed by atoms with Gasteiger partial charge in [0.05, 0.1) is 34.5 Å². The second-order valence-corrected chi connectivity index (χ2v) is 9.86. The molecule has 3 N–H and O–H groups in total. The van der Waals surface area contributed by atoms with Crippen LogP contribution in [0.2, 0.25) is 0 Å². The highest BCUT2D eigenvalue weighted by atomic mass is 32.1. The Bertz CT molecular complexity index is 1740. The number of methoxy groups -OCH3 is 2. The molecule has 1 aromatic carbocycles. The first kappa shape index (κ1) is 27.9. The van der Waals surface area contributed by atoms with Crippen LogP contribution in [-0.2, 0) is 11.3 Å². The smallest absolute Gasteiger partial charge is 0.265 e. The Labute approximate surface area is 238 Å². The zero-order chi connectivity index (χ0) is 28.8. The molecular formula is C29H26FN5O5S. The van der Waals surface area contributed by atoms with Gasteiger partial charge in [-0.2, -0.15) is 0 Å². The lowest BCUT2D eigenvalue weighted by atomic mass is 10.2. The Kier molecular flexibility index (Phi) is 8.63. The van der Waals surface area contributed by atoms with Gasteiger partial charge in [0.15, 0.2) is 11.6 Å². The van der Waals surface area contributed by atoms with E-state index in [1.54, 1.807) is 19.4 Å². The quantitative estimate of drug-likeness (QED) is 0.188. The Morgan fingerprint density at radius 3 is 2.68 bits per heavy atom. The highest BCUT2D eigenvalue weighted by Crippen LogP contribution is 2.39. The Morgan fingerprint density at radius 1 is 1.05 bits per heavy atom. The molecule has 1 amide bonds. The molecular weight excluding hydrogens is 549 g/mol. The van der Waals surface area contributed by atoms with Gasteiger partial charge in [0.25, 0.3) is 11.5 Å². The van der Waals surface area contributed by atoms with Gasteiger partial charge in [-0.05, 0) is 35.9 Å². The first-order valence-electron chi connectivity index (χ1n) is 12.5. The first-order valence-corrected chi connectivity index (χ1v) is 13.4. The van der Waals surface area contributed by atoms with Crippen molar-refractivity contribution in [1.29, 1.82) is 0 Å². The molecule has 5 rings (SSSR count). The SMILES string of the molecule is COCCNCc1ccc(-c2cc3nccc(Oc4ccc(NC(=O)c5c(OC)cc[nH]c5=O)cc4F)c3s2)nc1. The van der Waals surface area contributed by atoms with Crippen molar-refractivity contribution >= 4 is 33.1 Å². The molecule has 12 heteroatoms. The molecule has 0 fully saturated rings. The number of hydrogen-bond acceptors (Lipinski definition) is 9. The van der Waals surface area contributed by atoms with Gasteiger partial charge in [-0.15, -0.1) is 11.3 Å². The second-order valence-electron chi connectivity index (χ2n) is 8.81. The maximum Gasteiger partial charge on any atom is 0.265 e. The summed E-state index contributed by atoms with van der Waals surface area (Å²) in [5.41, 5.74) is 1.84. The fraction of sp³-hybridized carbons (Fsp3) is 0.172. The summed E-state index contributed by atoms with van der Waals surface area (Å²) >= 11 is 1.44. The minimum absolute atomic E-state index is 0.0379. The average Bonchev–Trinajstić information content (AvgIpc) is 3.42. The highest BCUT2D eigenvalue weighted by molar-refractivity contribution is 7.22. The van der Waals surface area contributed by atoms with Crippen molar-refractivity contribution in [3.05, 3.63) is 94.4 Å². The minimum atomic E-state index is -0.734. The molecule has 0 spiro atoms. The van der Waals surface area contributed by atoms with E-state index >= 15 is 4.39 Å². The van der Waals surface area contributed by atoms with Crippen molar-refractivity contribution in [3.8, 4) is 27.8 Å². The van der Waals surface area contributed by atoms with Crippen LogP contribution in [0.5, 0.6) is 17.2 Å². The van der Waals surface area contributed by atoms with Crippen molar-refractivity contribution < 1.29 is 23.4 Å². The van der Waals surface area contributed by atoms with E-state index in [1.807, 2.05) is 24.4 Å². The van der Waals surface area contributed by atoms with E-state index in [1.165, 1.54) is 42.8 Å². The zero-order valence-corrected chi connectivity index (χ0v) is 23.0. The number of halogens is 1. The number of benzene rings is 1. The predicted octanol–water partition coefficient (Wildman–Crippen LogP) is 4.97. The maximum absolute atomic E-state index is 15.0. The van der Waals surface area contributed by atoms with Crippen LogP contribution in [0.15, 0.2) is 71.9 Å². The van der Waals surface area contributed by atoms with Crippen LogP contribution in [0.3, 0.4) is 0 Å². The number of nitrogens with one attached hydrogen (secondary N) is 3. The van der Waals surface area contributed by atoms with Crippen LogP contribution in [0, 0.1) is 5.82 Å². The molecule has 0 aliphatic heterocycles. The number of H-pyrrole nitrogens is 1. The van der Waals surface area contributed by atoms with Gasteiger partial charge in [-0.1, -0.05) is 6.07 Å². The van der Waals surface area contributed by atoms with Crippen molar-refractivity contribution in [2.45, 2.75) is 6.54 Å². The summed E-state index contributed by atoms with van der Waals surface area (Å²) in [5.74, 6) is -0.937. The topological polar surface area (TPSA) is 127 Å². The number of thiophene rings is 1. The molecule has 0 atom stereocenters. The number of aromatic amines is 1. The molecule has 4 aromatic heterocycles. The Balaban J connectivity index is 1.31. The summed E-state index contributed by atoms with van der Waals surface area (Å²) in [6.45, 7) is 2.09. The van der Waals surface area contributed by atoms with Crippen LogP contribution in [0.4, 0.5) is 10.1 Å². The number of aromatic nitrogens is 3. The third-order valence-corrected chi connectivity index (χ3v) is 7.21. The normalized spacial score (nSPS) is 11.0. The van der Waals surface area contributed by atoms with Crippen LogP contribution >= 0.6 is 11.3 Å². The van der Waals surface area contributed by atoms with E-state index in [4.69, 9.17) is 14.2 Å².